The maximum Gasteiger partial charge on any atom is 0.411 e. The van der Waals surface area contributed by atoms with Crippen molar-refractivity contribution >= 4 is 23.6 Å². The summed E-state index contributed by atoms with van der Waals surface area (Å²) >= 11 is 0. The predicted molar refractivity (Wildman–Crippen MR) is 167 cm³/mol. The van der Waals surface area contributed by atoms with Gasteiger partial charge in [0.05, 0.1) is 13.2 Å². The molecule has 8 heteroatoms. The molecular weight excluding hydrogens is 504 g/mol. The number of nitrogens with zero attached hydrogens (tertiary/aromatic N) is 2. The number of benzene rings is 1. The number of anilines is 2. The molecule has 2 amide bonds. The van der Waals surface area contributed by atoms with Crippen molar-refractivity contribution in [2.24, 2.45) is 0 Å². The van der Waals surface area contributed by atoms with Gasteiger partial charge in [-0.3, -0.25) is 10.6 Å². The van der Waals surface area contributed by atoms with Crippen LogP contribution in [0.1, 0.15) is 105 Å². The van der Waals surface area contributed by atoms with E-state index in [0.717, 1.165) is 52.1 Å². The molecule has 0 bridgehead atoms. The molecule has 0 unspecified atom stereocenters. The van der Waals surface area contributed by atoms with Crippen molar-refractivity contribution in [3.8, 4) is 0 Å². The Morgan fingerprint density at radius 2 is 1.00 bits per heavy atom. The van der Waals surface area contributed by atoms with Crippen LogP contribution in [0.4, 0.5) is 21.0 Å². The first kappa shape index (κ1) is 35.7. The van der Waals surface area contributed by atoms with E-state index in [4.69, 9.17) is 9.47 Å². The maximum atomic E-state index is 12.2. The Balaban J connectivity index is 2.24. The second-order valence-electron chi connectivity index (χ2n) is 10.5. The molecule has 0 aliphatic heterocycles. The number of hydrogen-bond acceptors (Lipinski definition) is 6. The van der Waals surface area contributed by atoms with E-state index in [0.29, 0.717) is 24.6 Å². The van der Waals surface area contributed by atoms with E-state index in [1.165, 1.54) is 64.2 Å². The van der Waals surface area contributed by atoms with Crippen LogP contribution in [-0.2, 0) is 9.47 Å². The molecule has 0 aromatic heterocycles. The Morgan fingerprint density at radius 1 is 0.600 bits per heavy atom. The quantitative estimate of drug-likeness (QED) is 0.124. The monoisotopic (exact) mass is 562 g/mol. The molecule has 8 nitrogen and oxygen atoms in total. The zero-order valence-corrected chi connectivity index (χ0v) is 26.0. The minimum atomic E-state index is -0.492. The van der Waals surface area contributed by atoms with Crippen LogP contribution in [0, 0.1) is 0 Å². The fraction of sp³-hybridized carbons (Fsp3) is 0.750. The van der Waals surface area contributed by atoms with Crippen LogP contribution in [-0.4, -0.2) is 74.5 Å². The molecule has 0 fully saturated rings. The molecule has 0 saturated carbocycles. The summed E-state index contributed by atoms with van der Waals surface area (Å²) in [4.78, 5) is 29.3. The lowest BCUT2D eigenvalue weighted by Gasteiger charge is -2.20. The minimum absolute atomic E-state index is 0.372. The predicted octanol–water partition coefficient (Wildman–Crippen LogP) is 8.15. The standard InChI is InChI=1S/C32H58N4O4/c1-5-9-11-13-15-22-35(7-3)24-18-26-39-31(37)33-29-20-17-21-30(28-29)34-32(38)40-27-19-25-36(8-4)23-16-14-12-10-6-2/h17,20-21,28H,5-16,18-19,22-27H2,1-4H3,(H,33,37)(H,34,38). The fourth-order valence-corrected chi connectivity index (χ4v) is 4.62. The van der Waals surface area contributed by atoms with Gasteiger partial charge in [-0.15, -0.1) is 0 Å². The summed E-state index contributed by atoms with van der Waals surface area (Å²) in [6.45, 7) is 15.6. The van der Waals surface area contributed by atoms with Crippen LogP contribution in [0.5, 0.6) is 0 Å². The summed E-state index contributed by atoms with van der Waals surface area (Å²) in [5.74, 6) is 0. The minimum Gasteiger partial charge on any atom is -0.449 e. The van der Waals surface area contributed by atoms with Gasteiger partial charge in [-0.2, -0.15) is 0 Å². The van der Waals surface area contributed by atoms with Gasteiger partial charge in [0.1, 0.15) is 0 Å². The van der Waals surface area contributed by atoms with Gasteiger partial charge < -0.3 is 19.3 Å². The first-order valence-corrected chi connectivity index (χ1v) is 15.9. The Hall–Kier alpha value is -2.32. The average Bonchev–Trinajstić information content (AvgIpc) is 2.95. The highest BCUT2D eigenvalue weighted by Crippen LogP contribution is 2.16. The number of hydrogen-bond donors (Lipinski definition) is 2. The van der Waals surface area contributed by atoms with Crippen molar-refractivity contribution in [3.05, 3.63) is 24.3 Å². The van der Waals surface area contributed by atoms with E-state index in [1.807, 2.05) is 0 Å². The van der Waals surface area contributed by atoms with Gasteiger partial charge in [0, 0.05) is 24.5 Å². The van der Waals surface area contributed by atoms with E-state index in [9.17, 15) is 9.59 Å². The van der Waals surface area contributed by atoms with Crippen molar-refractivity contribution in [2.75, 3.05) is 63.1 Å². The first-order valence-electron chi connectivity index (χ1n) is 15.9. The van der Waals surface area contributed by atoms with E-state index in [2.05, 4.69) is 48.1 Å². The number of amides is 2. The van der Waals surface area contributed by atoms with Crippen molar-refractivity contribution in [1.29, 1.82) is 0 Å². The summed E-state index contributed by atoms with van der Waals surface area (Å²) in [7, 11) is 0. The number of nitrogens with one attached hydrogen (secondary N) is 2. The third kappa shape index (κ3) is 18.9. The van der Waals surface area contributed by atoms with E-state index >= 15 is 0 Å². The highest BCUT2D eigenvalue weighted by Gasteiger charge is 2.09. The lowest BCUT2D eigenvalue weighted by molar-refractivity contribution is 0.151. The molecule has 1 aromatic carbocycles. The van der Waals surface area contributed by atoms with Crippen LogP contribution >= 0.6 is 0 Å². The summed E-state index contributed by atoms with van der Waals surface area (Å²) in [6, 6.07) is 6.98. The molecule has 0 aliphatic carbocycles. The van der Waals surface area contributed by atoms with Gasteiger partial charge in [-0.25, -0.2) is 9.59 Å². The highest BCUT2D eigenvalue weighted by atomic mass is 16.6. The molecule has 230 valence electrons. The average molecular weight is 563 g/mol. The highest BCUT2D eigenvalue weighted by molar-refractivity contribution is 5.88. The fourth-order valence-electron chi connectivity index (χ4n) is 4.62. The molecule has 1 aromatic rings. The maximum absolute atomic E-state index is 12.2. The lowest BCUT2D eigenvalue weighted by Crippen LogP contribution is -2.27. The SMILES string of the molecule is CCCCCCCN(CC)CCCOC(=O)Nc1cccc(NC(=O)OCCCN(CC)CCCCCCC)c1. The van der Waals surface area contributed by atoms with E-state index < -0.39 is 12.2 Å². The van der Waals surface area contributed by atoms with Gasteiger partial charge >= 0.3 is 12.2 Å². The zero-order valence-electron chi connectivity index (χ0n) is 26.0. The van der Waals surface area contributed by atoms with Crippen molar-refractivity contribution < 1.29 is 19.1 Å². The Kier molecular flexibility index (Phi) is 21.8. The molecule has 1 rings (SSSR count). The van der Waals surface area contributed by atoms with Crippen LogP contribution in [0.15, 0.2) is 24.3 Å². The van der Waals surface area contributed by atoms with E-state index in [1.54, 1.807) is 24.3 Å². The number of carbonyl (C=O) groups excluding carboxylic acids is 2. The Bertz CT molecular complexity index is 718. The summed E-state index contributed by atoms with van der Waals surface area (Å²) < 4.78 is 10.7. The molecule has 0 saturated heterocycles. The van der Waals surface area contributed by atoms with Gasteiger partial charge in [0.25, 0.3) is 0 Å². The molecule has 0 spiro atoms. The van der Waals surface area contributed by atoms with Gasteiger partial charge in [0.15, 0.2) is 0 Å². The number of ether oxygens (including phenoxy) is 2. The normalized spacial score (nSPS) is 11.2. The van der Waals surface area contributed by atoms with Crippen LogP contribution in [0.25, 0.3) is 0 Å². The van der Waals surface area contributed by atoms with Gasteiger partial charge in [-0.1, -0.05) is 85.1 Å². The molecule has 2 N–H and O–H groups in total. The number of carbonyl (C=O) groups is 2. The molecule has 0 heterocycles. The second kappa shape index (κ2) is 24.5. The number of rotatable bonds is 24. The topological polar surface area (TPSA) is 83.1 Å². The largest absolute Gasteiger partial charge is 0.449 e. The first-order chi connectivity index (χ1) is 19.5. The summed E-state index contributed by atoms with van der Waals surface area (Å²) in [5.41, 5.74) is 1.12. The van der Waals surface area contributed by atoms with Crippen molar-refractivity contribution in [1.82, 2.24) is 9.80 Å². The zero-order chi connectivity index (χ0) is 29.3. The third-order valence-electron chi connectivity index (χ3n) is 7.11. The molecule has 0 radical (unpaired) electrons. The molecule has 0 atom stereocenters. The van der Waals surface area contributed by atoms with Crippen LogP contribution in [0.2, 0.25) is 0 Å². The molecule has 0 aliphatic rings. The Morgan fingerprint density at radius 3 is 1.40 bits per heavy atom. The van der Waals surface area contributed by atoms with Crippen molar-refractivity contribution in [2.45, 2.75) is 105 Å². The van der Waals surface area contributed by atoms with Gasteiger partial charge in [-0.05, 0) is 70.1 Å². The molecule has 40 heavy (non-hydrogen) atoms. The lowest BCUT2D eigenvalue weighted by atomic mass is 10.1. The summed E-state index contributed by atoms with van der Waals surface area (Å²) in [5, 5.41) is 5.48. The van der Waals surface area contributed by atoms with Gasteiger partial charge in [0.2, 0.25) is 0 Å². The van der Waals surface area contributed by atoms with Crippen molar-refractivity contribution in [3.63, 3.8) is 0 Å². The third-order valence-corrected chi connectivity index (χ3v) is 7.11. The van der Waals surface area contributed by atoms with Crippen LogP contribution in [0.3, 0.4) is 0 Å². The molecular formula is C32H58N4O4. The smallest absolute Gasteiger partial charge is 0.411 e. The summed E-state index contributed by atoms with van der Waals surface area (Å²) in [6.07, 6.45) is 13.4. The Labute approximate surface area is 244 Å². The van der Waals surface area contributed by atoms with E-state index in [-0.39, 0.29) is 0 Å². The second-order valence-corrected chi connectivity index (χ2v) is 10.5. The van der Waals surface area contributed by atoms with Crippen LogP contribution < -0.4 is 10.6 Å². The number of unbranched alkanes of at least 4 members (excludes halogenated alkanes) is 8.